The minimum Gasteiger partial charge on any atom is -0.508 e. The predicted octanol–water partition coefficient (Wildman–Crippen LogP) is 21.7. The second kappa shape index (κ2) is 25.6. The zero-order chi connectivity index (χ0) is 68.8. The first-order chi connectivity index (χ1) is 48.5. The van der Waals surface area contributed by atoms with Crippen LogP contribution in [0.1, 0.15) is 134 Å². The number of nitrogens with zero attached hydrogens (tertiary/aromatic N) is 9. The van der Waals surface area contributed by atoms with Gasteiger partial charge in [-0.1, -0.05) is 132 Å². The van der Waals surface area contributed by atoms with Gasteiger partial charge in [-0.05, 0) is 215 Å². The Bertz CT molecular complexity index is 6120. The molecule has 17 aromatic rings. The van der Waals surface area contributed by atoms with Crippen LogP contribution in [0.4, 0.5) is 0 Å². The molecule has 0 saturated heterocycles. The number of phenols is 1. The van der Waals surface area contributed by atoms with Gasteiger partial charge in [0.2, 0.25) is 0 Å². The lowest BCUT2D eigenvalue weighted by Crippen LogP contribution is -2.08. The molecule has 14 heteroatoms. The van der Waals surface area contributed by atoms with E-state index in [4.69, 9.17) is 19.8 Å². The molecule has 13 nitrogen and oxygen atoms in total. The van der Waals surface area contributed by atoms with Crippen LogP contribution in [0.2, 0.25) is 0 Å². The van der Waals surface area contributed by atoms with Crippen molar-refractivity contribution < 1.29 is 19.7 Å². The number of phenolic OH excluding ortho intramolecular Hbond substituents is 1. The SMILES string of the molecule is CC(C)c1cc2c3c(c1)c1ccc(O)cc1c1ncc(n13)CC2.CC(C)c1ccnc(-n2c3ccccc3c3ccc(Br)cc32)c1.CC(C)c1ccnc(-n2c3ccccc3c3ccc(Oc4ccc5c(c4)c4ncc6n4c4c(cc(C(C)C)cc54)CC6)cc32)c1.O=C(O)c1ccccn1. The third kappa shape index (κ3) is 11.2. The maximum absolute atomic E-state index is 10.1. The number of rotatable bonds is 9. The molecule has 0 fully saturated rings. The number of ether oxygens (including phenoxy) is 1. The van der Waals surface area contributed by atoms with Crippen molar-refractivity contribution in [2.75, 3.05) is 0 Å². The van der Waals surface area contributed by atoms with Crippen LogP contribution in [0, 0.1) is 0 Å². The summed E-state index contributed by atoms with van der Waals surface area (Å²) >= 11 is 3.60. The van der Waals surface area contributed by atoms with Crippen LogP contribution in [-0.4, -0.2) is 59.0 Å². The highest BCUT2D eigenvalue weighted by Gasteiger charge is 2.25. The largest absolute Gasteiger partial charge is 0.508 e. The summed E-state index contributed by atoms with van der Waals surface area (Å²) < 4.78 is 16.9. The lowest BCUT2D eigenvalue weighted by Gasteiger charge is -2.21. The van der Waals surface area contributed by atoms with Crippen LogP contribution in [0.15, 0.2) is 224 Å². The zero-order valence-corrected chi connectivity index (χ0v) is 58.6. The molecule has 0 amide bonds. The number of hydrogen-bond acceptors (Lipinski definition) is 8. The number of aryl methyl sites for hydroxylation is 4. The number of carboxylic acid groups (broad SMARTS) is 1. The van der Waals surface area contributed by atoms with Crippen LogP contribution in [0.5, 0.6) is 17.2 Å². The molecule has 0 aliphatic carbocycles. The molecule has 0 unspecified atom stereocenters. The van der Waals surface area contributed by atoms with Crippen molar-refractivity contribution in [3.8, 4) is 28.9 Å². The van der Waals surface area contributed by atoms with Gasteiger partial charge in [0, 0.05) is 96.0 Å². The third-order valence-corrected chi connectivity index (χ3v) is 20.5. The molecule has 0 bridgehead atoms. The number of hydrogen-bond donors (Lipinski definition) is 2. The smallest absolute Gasteiger partial charge is 0.354 e. The van der Waals surface area contributed by atoms with Gasteiger partial charge >= 0.3 is 5.97 Å². The average Bonchev–Trinajstić information content (AvgIpc) is 1.30. The van der Waals surface area contributed by atoms with Crippen LogP contribution >= 0.6 is 15.9 Å². The van der Waals surface area contributed by atoms with Gasteiger partial charge in [-0.2, -0.15) is 0 Å². The van der Waals surface area contributed by atoms with E-state index in [9.17, 15) is 9.90 Å². The van der Waals surface area contributed by atoms with Crippen molar-refractivity contribution in [1.29, 1.82) is 0 Å². The summed E-state index contributed by atoms with van der Waals surface area (Å²) in [4.78, 5) is 32.8. The Labute approximate surface area is 586 Å². The van der Waals surface area contributed by atoms with E-state index >= 15 is 0 Å². The number of benzene rings is 8. The molecule has 2 N–H and O–H groups in total. The van der Waals surface area contributed by atoms with E-state index in [-0.39, 0.29) is 5.69 Å². The van der Waals surface area contributed by atoms with E-state index in [0.29, 0.717) is 29.4 Å². The number of para-hydroxylation sites is 2. The Morgan fingerprint density at radius 2 is 0.880 bits per heavy atom. The summed E-state index contributed by atoms with van der Waals surface area (Å²) in [6, 6.07) is 64.8. The monoisotopic (exact) mass is 1380 g/mol. The van der Waals surface area contributed by atoms with E-state index in [1.807, 2.05) is 30.7 Å². The first kappa shape index (κ1) is 63.5. The summed E-state index contributed by atoms with van der Waals surface area (Å²) in [6.45, 7) is 17.9. The van der Waals surface area contributed by atoms with Crippen molar-refractivity contribution in [3.05, 3.63) is 274 Å². The van der Waals surface area contributed by atoms with Crippen molar-refractivity contribution >= 4 is 120 Å². The molecule has 0 atom stereocenters. The maximum atomic E-state index is 10.1. The quantitative estimate of drug-likeness (QED) is 0.135. The number of halogens is 1. The number of carbonyl (C=O) groups is 1. The summed E-state index contributed by atoms with van der Waals surface area (Å²) in [5.41, 5.74) is 19.9. The Hall–Kier alpha value is -11.2. The number of imidazole rings is 2. The molecule has 494 valence electrons. The first-order valence-corrected chi connectivity index (χ1v) is 35.3. The normalized spacial score (nSPS) is 12.6. The van der Waals surface area contributed by atoms with Crippen LogP contribution < -0.4 is 4.74 Å². The molecule has 0 saturated carbocycles. The van der Waals surface area contributed by atoms with Crippen LogP contribution in [0.25, 0.3) is 110 Å². The molecule has 9 aromatic heterocycles. The zero-order valence-electron chi connectivity index (χ0n) is 57.0. The molecule has 0 spiro atoms. The number of pyridine rings is 5. The van der Waals surface area contributed by atoms with Gasteiger partial charge in [-0.25, -0.2) is 29.7 Å². The fourth-order valence-electron chi connectivity index (χ4n) is 14.8. The molecular formula is C86H74BrN9O4. The minimum absolute atomic E-state index is 0.0810. The van der Waals surface area contributed by atoms with Gasteiger partial charge in [-0.3, -0.25) is 17.9 Å². The van der Waals surface area contributed by atoms with Gasteiger partial charge < -0.3 is 14.9 Å². The first-order valence-electron chi connectivity index (χ1n) is 34.5. The second-order valence-corrected chi connectivity index (χ2v) is 28.5. The summed E-state index contributed by atoms with van der Waals surface area (Å²) in [5, 5.41) is 30.3. The maximum Gasteiger partial charge on any atom is 0.354 e. The summed E-state index contributed by atoms with van der Waals surface area (Å²) in [5.74, 6) is 4.65. The van der Waals surface area contributed by atoms with Crippen molar-refractivity contribution in [2.24, 2.45) is 0 Å². The lowest BCUT2D eigenvalue weighted by molar-refractivity contribution is 0.0690. The van der Waals surface area contributed by atoms with Crippen LogP contribution in [0.3, 0.4) is 0 Å². The van der Waals surface area contributed by atoms with Crippen LogP contribution in [-0.2, 0) is 25.7 Å². The number of fused-ring (bicyclic) bond motifs is 12. The molecule has 100 heavy (non-hydrogen) atoms. The van der Waals surface area contributed by atoms with E-state index < -0.39 is 5.97 Å². The number of carboxylic acids is 1. The minimum atomic E-state index is -0.990. The van der Waals surface area contributed by atoms with Crippen molar-refractivity contribution in [2.45, 2.75) is 105 Å². The molecule has 19 rings (SSSR count). The fraction of sp³-hybridized carbons (Fsp3) is 0.186. The Morgan fingerprint density at radius 1 is 0.410 bits per heavy atom. The van der Waals surface area contributed by atoms with E-state index in [1.165, 1.54) is 122 Å². The average molecular weight is 1380 g/mol. The Kier molecular flexibility index (Phi) is 16.2. The number of aromatic nitrogens is 9. The second-order valence-electron chi connectivity index (χ2n) is 27.6. The van der Waals surface area contributed by atoms with Gasteiger partial charge in [0.15, 0.2) is 0 Å². The van der Waals surface area contributed by atoms with Crippen molar-refractivity contribution in [3.63, 3.8) is 0 Å². The summed E-state index contributed by atoms with van der Waals surface area (Å²) in [7, 11) is 0. The van der Waals surface area contributed by atoms with E-state index in [2.05, 4.69) is 262 Å². The molecule has 0 radical (unpaired) electrons. The highest BCUT2D eigenvalue weighted by Crippen LogP contribution is 2.43. The molecular weight excluding hydrogens is 1300 g/mol. The number of aromatic carboxylic acids is 1. The summed E-state index contributed by atoms with van der Waals surface area (Å²) in [6.07, 6.45) is 13.5. The fourth-order valence-corrected chi connectivity index (χ4v) is 15.2. The van der Waals surface area contributed by atoms with Gasteiger partial charge in [0.25, 0.3) is 0 Å². The van der Waals surface area contributed by atoms with E-state index in [1.54, 1.807) is 18.2 Å². The van der Waals surface area contributed by atoms with Gasteiger partial charge in [0.05, 0.1) is 33.1 Å². The number of aromatic hydroxyl groups is 1. The highest BCUT2D eigenvalue weighted by molar-refractivity contribution is 9.10. The predicted molar refractivity (Wildman–Crippen MR) is 409 cm³/mol. The third-order valence-electron chi connectivity index (χ3n) is 20.0. The Morgan fingerprint density at radius 3 is 1.39 bits per heavy atom. The lowest BCUT2D eigenvalue weighted by atomic mass is 9.91. The Balaban J connectivity index is 0.000000118. The van der Waals surface area contributed by atoms with Gasteiger partial charge in [0.1, 0.15) is 45.9 Å². The van der Waals surface area contributed by atoms with E-state index in [0.717, 1.165) is 86.4 Å². The molecule has 2 aliphatic heterocycles. The molecule has 2 aliphatic rings. The molecule has 8 aromatic carbocycles. The standard InChI is InChI=1S/C40H34N4O.C20H17BrN2.C20H18N2O.C6H5NO2/c1-23(2)25-15-16-41-38(19-25)44-36-8-6-5-7-32(36)33-14-12-30(21-37(33)44)45-29-11-13-31-34-18-27(24(3)4)17-26-9-10-28-22-42-40(35(31)20-29)43(28)39(26)34;1-13(2)14-9-10-22-20(11-14)23-18-6-4-3-5-16(18)17-8-7-15(21)12-19(17)23;1-11(2)13-7-12-3-4-14-10-21-20-18-9-15(23)5-6-16(18)17(8-13)19(12)22(14)20;8-6(9)5-3-1-2-4-7-5/h5-8,11-24H,9-10H2,1-4H3;3-13H,1-2H3;5-11,23H,3-4H2,1-2H3;1-4H,(H,8,9). The van der Waals surface area contributed by atoms with Gasteiger partial charge in [-0.15, -0.1) is 0 Å². The van der Waals surface area contributed by atoms with Crippen molar-refractivity contribution in [1.82, 2.24) is 42.9 Å². The highest BCUT2D eigenvalue weighted by atomic mass is 79.9. The topological polar surface area (TPSA) is 150 Å². The molecule has 11 heterocycles.